The van der Waals surface area contributed by atoms with Gasteiger partial charge in [0.15, 0.2) is 0 Å². The van der Waals surface area contributed by atoms with E-state index in [1.54, 1.807) is 4.68 Å². The fourth-order valence-electron chi connectivity index (χ4n) is 3.21. The van der Waals surface area contributed by atoms with Gasteiger partial charge in [-0.25, -0.2) is 9.48 Å². The second-order valence-electron chi connectivity index (χ2n) is 7.64. The van der Waals surface area contributed by atoms with Gasteiger partial charge in [0, 0.05) is 0 Å². The molecule has 0 saturated heterocycles. The van der Waals surface area contributed by atoms with Crippen molar-refractivity contribution in [3.63, 3.8) is 0 Å². The van der Waals surface area contributed by atoms with Crippen molar-refractivity contribution in [1.29, 1.82) is 0 Å². The molecular formula is C24H27N3O3. The number of rotatable bonds is 8. The summed E-state index contributed by atoms with van der Waals surface area (Å²) in [4.78, 5) is 25.6. The number of hydrogen-bond donors (Lipinski definition) is 1. The van der Waals surface area contributed by atoms with Crippen molar-refractivity contribution in [2.75, 3.05) is 0 Å². The van der Waals surface area contributed by atoms with E-state index in [2.05, 4.69) is 10.4 Å². The van der Waals surface area contributed by atoms with Crippen molar-refractivity contribution >= 4 is 11.9 Å². The average Bonchev–Trinajstić information content (AvgIpc) is 3.14. The number of amides is 1. The monoisotopic (exact) mass is 405 g/mol. The van der Waals surface area contributed by atoms with Crippen LogP contribution in [0.1, 0.15) is 41.9 Å². The van der Waals surface area contributed by atoms with E-state index in [0.29, 0.717) is 17.7 Å². The first-order chi connectivity index (χ1) is 14.5. The quantitative estimate of drug-likeness (QED) is 0.574. The molecule has 156 valence electrons. The van der Waals surface area contributed by atoms with Gasteiger partial charge in [0.2, 0.25) is 0 Å². The number of aromatic nitrogens is 2. The fourth-order valence-corrected chi connectivity index (χ4v) is 3.21. The topological polar surface area (TPSA) is 73.2 Å². The van der Waals surface area contributed by atoms with E-state index < -0.39 is 12.0 Å². The minimum Gasteiger partial charge on any atom is -0.459 e. The summed E-state index contributed by atoms with van der Waals surface area (Å²) in [5.41, 5.74) is 2.92. The third kappa shape index (κ3) is 5.35. The Kier molecular flexibility index (Phi) is 7.01. The van der Waals surface area contributed by atoms with Crippen molar-refractivity contribution in [3.8, 4) is 5.69 Å². The average molecular weight is 405 g/mol. The Morgan fingerprint density at radius 1 is 1.03 bits per heavy atom. The van der Waals surface area contributed by atoms with Gasteiger partial charge in [0.05, 0.1) is 23.1 Å². The number of ether oxygens (including phenoxy) is 1. The smallest absolute Gasteiger partial charge is 0.328 e. The molecule has 0 spiro atoms. The molecule has 30 heavy (non-hydrogen) atoms. The molecule has 3 aromatic rings. The second kappa shape index (κ2) is 9.87. The Hall–Kier alpha value is -3.41. The molecule has 1 heterocycles. The maximum Gasteiger partial charge on any atom is 0.328 e. The lowest BCUT2D eigenvalue weighted by atomic mass is 10.0. The lowest BCUT2D eigenvalue weighted by molar-refractivity contribution is -0.147. The van der Waals surface area contributed by atoms with E-state index in [-0.39, 0.29) is 18.4 Å². The lowest BCUT2D eigenvalue weighted by Gasteiger charge is -2.19. The van der Waals surface area contributed by atoms with Crippen LogP contribution in [0.25, 0.3) is 5.69 Å². The van der Waals surface area contributed by atoms with E-state index in [0.717, 1.165) is 11.3 Å². The molecule has 0 aliphatic heterocycles. The largest absolute Gasteiger partial charge is 0.459 e. The SMILES string of the molecule is Cc1c(C(=O)N[C@@H](CC(C)C)C(=O)OCc2ccccc2)cnn1-c1ccccc1. The highest BCUT2D eigenvalue weighted by molar-refractivity contribution is 5.97. The summed E-state index contributed by atoms with van der Waals surface area (Å²) in [5.74, 6) is -0.557. The van der Waals surface area contributed by atoms with E-state index >= 15 is 0 Å². The van der Waals surface area contributed by atoms with Crippen LogP contribution in [0.15, 0.2) is 66.9 Å². The predicted molar refractivity (Wildman–Crippen MR) is 115 cm³/mol. The van der Waals surface area contributed by atoms with Crippen LogP contribution in [0.2, 0.25) is 0 Å². The van der Waals surface area contributed by atoms with Crippen LogP contribution in [0.5, 0.6) is 0 Å². The normalized spacial score (nSPS) is 11.9. The standard InChI is InChI=1S/C24H27N3O3/c1-17(2)14-22(24(29)30-16-19-10-6-4-7-11-19)26-23(28)21-15-25-27(18(21)3)20-12-8-5-9-13-20/h4-13,15,17,22H,14,16H2,1-3H3,(H,26,28)/t22-/m0/s1. The van der Waals surface area contributed by atoms with E-state index in [1.807, 2.05) is 81.4 Å². The Morgan fingerprint density at radius 3 is 2.30 bits per heavy atom. The van der Waals surface area contributed by atoms with Crippen molar-refractivity contribution in [2.24, 2.45) is 5.92 Å². The van der Waals surface area contributed by atoms with Crippen molar-refractivity contribution < 1.29 is 14.3 Å². The molecule has 0 aliphatic rings. The highest BCUT2D eigenvalue weighted by Gasteiger charge is 2.26. The van der Waals surface area contributed by atoms with Gasteiger partial charge >= 0.3 is 5.97 Å². The Morgan fingerprint density at radius 2 is 1.67 bits per heavy atom. The van der Waals surface area contributed by atoms with Gasteiger partial charge in [0.25, 0.3) is 5.91 Å². The molecule has 0 unspecified atom stereocenters. The number of esters is 1. The third-order valence-corrected chi connectivity index (χ3v) is 4.78. The maximum atomic E-state index is 12.9. The third-order valence-electron chi connectivity index (χ3n) is 4.78. The molecule has 0 fully saturated rings. The Labute approximate surface area is 176 Å². The van der Waals surface area contributed by atoms with Gasteiger partial charge < -0.3 is 10.1 Å². The Balaban J connectivity index is 1.71. The molecule has 0 aliphatic carbocycles. The van der Waals surface area contributed by atoms with Crippen LogP contribution in [0, 0.1) is 12.8 Å². The molecule has 6 heteroatoms. The first kappa shape index (κ1) is 21.3. The van der Waals surface area contributed by atoms with Crippen LogP contribution < -0.4 is 5.32 Å². The molecule has 3 rings (SSSR count). The van der Waals surface area contributed by atoms with Crippen molar-refractivity contribution in [2.45, 2.75) is 39.8 Å². The van der Waals surface area contributed by atoms with Gasteiger partial charge in [-0.1, -0.05) is 62.4 Å². The molecule has 1 N–H and O–H groups in total. The Bertz CT molecular complexity index is 981. The molecule has 2 aromatic carbocycles. The number of benzene rings is 2. The molecular weight excluding hydrogens is 378 g/mol. The summed E-state index contributed by atoms with van der Waals surface area (Å²) in [7, 11) is 0. The second-order valence-corrected chi connectivity index (χ2v) is 7.64. The van der Waals surface area contributed by atoms with Gasteiger partial charge in [-0.15, -0.1) is 0 Å². The number of para-hydroxylation sites is 1. The number of carbonyl (C=O) groups is 2. The zero-order chi connectivity index (χ0) is 21.5. The number of carbonyl (C=O) groups excluding carboxylic acids is 2. The van der Waals surface area contributed by atoms with Crippen molar-refractivity contribution in [1.82, 2.24) is 15.1 Å². The highest BCUT2D eigenvalue weighted by atomic mass is 16.5. The van der Waals surface area contributed by atoms with E-state index in [1.165, 1.54) is 6.20 Å². The molecule has 0 bridgehead atoms. The number of hydrogen-bond acceptors (Lipinski definition) is 4. The van der Waals surface area contributed by atoms with E-state index in [9.17, 15) is 9.59 Å². The van der Waals surface area contributed by atoms with Gasteiger partial charge in [0.1, 0.15) is 12.6 Å². The molecule has 0 saturated carbocycles. The predicted octanol–water partition coefficient (Wildman–Crippen LogP) is 4.07. The number of nitrogens with one attached hydrogen (secondary N) is 1. The summed E-state index contributed by atoms with van der Waals surface area (Å²) in [6, 6.07) is 18.4. The van der Waals surface area contributed by atoms with Crippen molar-refractivity contribution in [3.05, 3.63) is 83.7 Å². The molecule has 6 nitrogen and oxygen atoms in total. The zero-order valence-corrected chi connectivity index (χ0v) is 17.5. The van der Waals surface area contributed by atoms with Gasteiger partial charge in [-0.3, -0.25) is 4.79 Å². The van der Waals surface area contributed by atoms with E-state index in [4.69, 9.17) is 4.74 Å². The van der Waals surface area contributed by atoms with Crippen LogP contribution in [-0.4, -0.2) is 27.7 Å². The lowest BCUT2D eigenvalue weighted by Crippen LogP contribution is -2.42. The first-order valence-electron chi connectivity index (χ1n) is 10.1. The summed E-state index contributed by atoms with van der Waals surface area (Å²) < 4.78 is 7.17. The summed E-state index contributed by atoms with van der Waals surface area (Å²) >= 11 is 0. The first-order valence-corrected chi connectivity index (χ1v) is 10.1. The minimum atomic E-state index is -0.722. The number of nitrogens with zero attached hydrogens (tertiary/aromatic N) is 2. The summed E-state index contributed by atoms with van der Waals surface area (Å²) in [6.45, 7) is 6.01. The van der Waals surface area contributed by atoms with Gasteiger partial charge in [-0.2, -0.15) is 5.10 Å². The minimum absolute atomic E-state index is 0.176. The van der Waals surface area contributed by atoms with Crippen LogP contribution in [-0.2, 0) is 16.1 Å². The maximum absolute atomic E-state index is 12.9. The van der Waals surface area contributed by atoms with Crippen LogP contribution in [0.4, 0.5) is 0 Å². The van der Waals surface area contributed by atoms with Crippen LogP contribution >= 0.6 is 0 Å². The van der Waals surface area contributed by atoms with Gasteiger partial charge in [-0.05, 0) is 37.0 Å². The molecule has 1 atom stereocenters. The zero-order valence-electron chi connectivity index (χ0n) is 17.5. The highest BCUT2D eigenvalue weighted by Crippen LogP contribution is 2.15. The van der Waals surface area contributed by atoms with Crippen LogP contribution in [0.3, 0.4) is 0 Å². The summed E-state index contributed by atoms with van der Waals surface area (Å²) in [5, 5.41) is 7.18. The molecule has 1 amide bonds. The molecule has 0 radical (unpaired) electrons. The molecule has 1 aromatic heterocycles. The summed E-state index contributed by atoms with van der Waals surface area (Å²) in [6.07, 6.45) is 2.02. The fraction of sp³-hybridized carbons (Fsp3) is 0.292.